The first kappa shape index (κ1) is 9.79. The van der Waals surface area contributed by atoms with Crippen LogP contribution in [0.4, 0.5) is 0 Å². The first-order chi connectivity index (χ1) is 6.27. The van der Waals surface area contributed by atoms with E-state index in [2.05, 4.69) is 5.92 Å². The molecular formula is C11H12O2. The smallest absolute Gasteiger partial charge is 0.0811 e. The van der Waals surface area contributed by atoms with E-state index >= 15 is 0 Å². The van der Waals surface area contributed by atoms with Crippen LogP contribution >= 0.6 is 0 Å². The van der Waals surface area contributed by atoms with Gasteiger partial charge in [-0.05, 0) is 17.7 Å². The fourth-order valence-electron chi connectivity index (χ4n) is 1.09. The molecule has 0 saturated carbocycles. The molecule has 0 spiro atoms. The van der Waals surface area contributed by atoms with Crippen molar-refractivity contribution in [3.63, 3.8) is 0 Å². The molecule has 0 aromatic heterocycles. The summed E-state index contributed by atoms with van der Waals surface area (Å²) in [5, 5.41) is 18.1. The SMILES string of the molecule is C#Cc1ccc(C(O)CCO)cc1. The largest absolute Gasteiger partial charge is 0.396 e. The molecule has 2 N–H and O–H groups in total. The normalized spacial score (nSPS) is 12.1. The quantitative estimate of drug-likeness (QED) is 0.677. The number of hydrogen-bond donors (Lipinski definition) is 2. The Morgan fingerprint density at radius 2 is 1.92 bits per heavy atom. The molecule has 1 atom stereocenters. The maximum atomic E-state index is 9.47. The highest BCUT2D eigenvalue weighted by molar-refractivity contribution is 5.34. The zero-order valence-corrected chi connectivity index (χ0v) is 7.27. The number of rotatable bonds is 3. The van der Waals surface area contributed by atoms with Crippen molar-refractivity contribution in [1.29, 1.82) is 0 Å². The van der Waals surface area contributed by atoms with Crippen molar-refractivity contribution in [3.05, 3.63) is 35.4 Å². The highest BCUT2D eigenvalue weighted by atomic mass is 16.3. The monoisotopic (exact) mass is 176 g/mol. The molecular weight excluding hydrogens is 164 g/mol. The third kappa shape index (κ3) is 2.59. The van der Waals surface area contributed by atoms with Gasteiger partial charge in [0.2, 0.25) is 0 Å². The van der Waals surface area contributed by atoms with E-state index in [0.29, 0.717) is 6.42 Å². The van der Waals surface area contributed by atoms with E-state index in [1.807, 2.05) is 0 Å². The number of terminal acetylenes is 1. The molecule has 0 fully saturated rings. The molecule has 68 valence electrons. The second-order valence-electron chi connectivity index (χ2n) is 2.79. The van der Waals surface area contributed by atoms with Crippen LogP contribution in [-0.2, 0) is 0 Å². The van der Waals surface area contributed by atoms with Crippen LogP contribution in [0.2, 0.25) is 0 Å². The minimum atomic E-state index is -0.600. The highest BCUT2D eigenvalue weighted by Gasteiger charge is 2.05. The fourth-order valence-corrected chi connectivity index (χ4v) is 1.09. The van der Waals surface area contributed by atoms with Gasteiger partial charge in [0.25, 0.3) is 0 Å². The summed E-state index contributed by atoms with van der Waals surface area (Å²) in [6.45, 7) is -0.0158. The van der Waals surface area contributed by atoms with Gasteiger partial charge in [0.15, 0.2) is 0 Å². The number of aliphatic hydroxyl groups is 2. The van der Waals surface area contributed by atoms with E-state index in [9.17, 15) is 5.11 Å². The van der Waals surface area contributed by atoms with E-state index in [1.165, 1.54) is 0 Å². The van der Waals surface area contributed by atoms with Gasteiger partial charge >= 0.3 is 0 Å². The molecule has 0 bridgehead atoms. The van der Waals surface area contributed by atoms with Gasteiger partial charge in [0.05, 0.1) is 6.10 Å². The minimum absolute atomic E-state index is 0.0158. The Kier molecular flexibility index (Phi) is 3.51. The average Bonchev–Trinajstić information content (AvgIpc) is 2.18. The molecule has 1 unspecified atom stereocenters. The first-order valence-corrected chi connectivity index (χ1v) is 4.13. The van der Waals surface area contributed by atoms with E-state index in [0.717, 1.165) is 11.1 Å². The zero-order chi connectivity index (χ0) is 9.68. The maximum Gasteiger partial charge on any atom is 0.0811 e. The Hall–Kier alpha value is -1.30. The summed E-state index contributed by atoms with van der Waals surface area (Å²) in [5.74, 6) is 2.49. The fraction of sp³-hybridized carbons (Fsp3) is 0.273. The van der Waals surface area contributed by atoms with Gasteiger partial charge in [0.1, 0.15) is 0 Å². The van der Waals surface area contributed by atoms with Crippen molar-refractivity contribution in [2.24, 2.45) is 0 Å². The van der Waals surface area contributed by atoms with E-state index in [1.54, 1.807) is 24.3 Å². The molecule has 0 aliphatic carbocycles. The number of hydrogen-bond acceptors (Lipinski definition) is 2. The van der Waals surface area contributed by atoms with Gasteiger partial charge < -0.3 is 10.2 Å². The van der Waals surface area contributed by atoms with Gasteiger partial charge in [-0.3, -0.25) is 0 Å². The van der Waals surface area contributed by atoms with Gasteiger partial charge in [-0.2, -0.15) is 0 Å². The molecule has 0 aliphatic heterocycles. The third-order valence-electron chi connectivity index (χ3n) is 1.86. The molecule has 2 nitrogen and oxygen atoms in total. The van der Waals surface area contributed by atoms with E-state index in [4.69, 9.17) is 11.5 Å². The van der Waals surface area contributed by atoms with Crippen LogP contribution in [0.15, 0.2) is 24.3 Å². The molecule has 2 heteroatoms. The molecule has 0 amide bonds. The summed E-state index contributed by atoms with van der Waals surface area (Å²) in [6, 6.07) is 7.09. The van der Waals surface area contributed by atoms with E-state index in [-0.39, 0.29) is 6.61 Å². The molecule has 0 radical (unpaired) electrons. The summed E-state index contributed by atoms with van der Waals surface area (Å²) >= 11 is 0. The highest BCUT2D eigenvalue weighted by Crippen LogP contribution is 2.16. The number of benzene rings is 1. The average molecular weight is 176 g/mol. The van der Waals surface area contributed by atoms with Crippen LogP contribution in [-0.4, -0.2) is 16.8 Å². The van der Waals surface area contributed by atoms with Crippen LogP contribution < -0.4 is 0 Å². The summed E-state index contributed by atoms with van der Waals surface area (Å²) in [4.78, 5) is 0. The van der Waals surface area contributed by atoms with Crippen LogP contribution in [0.1, 0.15) is 23.7 Å². The minimum Gasteiger partial charge on any atom is -0.396 e. The Balaban J connectivity index is 2.75. The zero-order valence-electron chi connectivity index (χ0n) is 7.27. The second-order valence-corrected chi connectivity index (χ2v) is 2.79. The van der Waals surface area contributed by atoms with E-state index < -0.39 is 6.10 Å². The summed E-state index contributed by atoms with van der Waals surface area (Å²) < 4.78 is 0. The lowest BCUT2D eigenvalue weighted by molar-refractivity contribution is 0.134. The van der Waals surface area contributed by atoms with Gasteiger partial charge in [-0.15, -0.1) is 6.42 Å². The molecule has 13 heavy (non-hydrogen) atoms. The van der Waals surface area contributed by atoms with Crippen LogP contribution in [0, 0.1) is 12.3 Å². The second kappa shape index (κ2) is 4.66. The van der Waals surface area contributed by atoms with Gasteiger partial charge in [-0.25, -0.2) is 0 Å². The lowest BCUT2D eigenvalue weighted by atomic mass is 10.1. The lowest BCUT2D eigenvalue weighted by Gasteiger charge is -2.08. The van der Waals surface area contributed by atoms with Crippen molar-refractivity contribution in [2.75, 3.05) is 6.61 Å². The molecule has 0 saturated heterocycles. The van der Waals surface area contributed by atoms with Gasteiger partial charge in [-0.1, -0.05) is 18.1 Å². The molecule has 1 aromatic carbocycles. The van der Waals surface area contributed by atoms with Crippen molar-refractivity contribution in [3.8, 4) is 12.3 Å². The predicted molar refractivity (Wildman–Crippen MR) is 51.0 cm³/mol. The van der Waals surface area contributed by atoms with Crippen molar-refractivity contribution < 1.29 is 10.2 Å². The molecule has 0 aliphatic rings. The Morgan fingerprint density at radius 3 is 2.38 bits per heavy atom. The third-order valence-corrected chi connectivity index (χ3v) is 1.86. The topological polar surface area (TPSA) is 40.5 Å². The summed E-state index contributed by atoms with van der Waals surface area (Å²) in [5.41, 5.74) is 1.58. The van der Waals surface area contributed by atoms with Crippen molar-refractivity contribution in [2.45, 2.75) is 12.5 Å². The number of aliphatic hydroxyl groups excluding tert-OH is 2. The lowest BCUT2D eigenvalue weighted by Crippen LogP contribution is -1.99. The standard InChI is InChI=1S/C11H12O2/c1-2-9-3-5-10(6-4-9)11(13)7-8-12/h1,3-6,11-13H,7-8H2. The summed E-state index contributed by atoms with van der Waals surface area (Å²) in [6.07, 6.45) is 4.94. The Labute approximate surface area is 77.8 Å². The molecule has 1 aromatic rings. The van der Waals surface area contributed by atoms with Crippen molar-refractivity contribution in [1.82, 2.24) is 0 Å². The van der Waals surface area contributed by atoms with Crippen molar-refractivity contribution >= 4 is 0 Å². The maximum absolute atomic E-state index is 9.47. The first-order valence-electron chi connectivity index (χ1n) is 4.13. The van der Waals surface area contributed by atoms with Crippen LogP contribution in [0.25, 0.3) is 0 Å². The predicted octanol–water partition coefficient (Wildman–Crippen LogP) is 1.08. The van der Waals surface area contributed by atoms with Crippen LogP contribution in [0.5, 0.6) is 0 Å². The Morgan fingerprint density at radius 1 is 1.31 bits per heavy atom. The van der Waals surface area contributed by atoms with Gasteiger partial charge in [0, 0.05) is 18.6 Å². The summed E-state index contributed by atoms with van der Waals surface area (Å²) in [7, 11) is 0. The molecule has 0 heterocycles. The molecule has 1 rings (SSSR count). The Bertz CT molecular complexity index is 295. The van der Waals surface area contributed by atoms with Crippen LogP contribution in [0.3, 0.4) is 0 Å².